The quantitative estimate of drug-likeness (QED) is 0.741. The zero-order valence-corrected chi connectivity index (χ0v) is 13.3. The predicted octanol–water partition coefficient (Wildman–Crippen LogP) is 0.334. The van der Waals surface area contributed by atoms with Gasteiger partial charge in [-0.1, -0.05) is 0 Å². The highest BCUT2D eigenvalue weighted by Crippen LogP contribution is 2.25. The Kier molecular flexibility index (Phi) is 5.22. The van der Waals surface area contributed by atoms with Gasteiger partial charge in [0.05, 0.1) is 17.9 Å². The number of carbonyl (C=O) groups is 2. The van der Waals surface area contributed by atoms with Crippen LogP contribution in [0.1, 0.15) is 6.42 Å². The molecule has 1 aromatic carbocycles. The molecule has 1 saturated heterocycles. The summed E-state index contributed by atoms with van der Waals surface area (Å²) in [5.74, 6) is -1.88. The third kappa shape index (κ3) is 3.99. The van der Waals surface area contributed by atoms with E-state index in [9.17, 15) is 18.0 Å². The third-order valence-electron chi connectivity index (χ3n) is 3.55. The van der Waals surface area contributed by atoms with Gasteiger partial charge in [-0.25, -0.2) is 13.2 Å². The van der Waals surface area contributed by atoms with E-state index in [4.69, 9.17) is 9.84 Å². The summed E-state index contributed by atoms with van der Waals surface area (Å²) >= 11 is 0. The molecule has 23 heavy (non-hydrogen) atoms. The molecule has 0 saturated carbocycles. The van der Waals surface area contributed by atoms with Crippen LogP contribution in [0.5, 0.6) is 5.75 Å². The number of esters is 1. The van der Waals surface area contributed by atoms with Gasteiger partial charge in [0.15, 0.2) is 6.61 Å². The Labute approximate surface area is 133 Å². The molecule has 0 amide bonds. The maximum absolute atomic E-state index is 12.4. The second-order valence-corrected chi connectivity index (χ2v) is 6.96. The molecule has 1 aliphatic rings. The first-order valence-corrected chi connectivity index (χ1v) is 8.31. The lowest BCUT2D eigenvalue weighted by Gasteiger charge is -2.16. The average Bonchev–Trinajstić information content (AvgIpc) is 3.04. The Morgan fingerprint density at radius 2 is 1.96 bits per heavy atom. The molecule has 0 aromatic heterocycles. The molecule has 1 unspecified atom stereocenters. The standard InChI is InChI=1S/C14H17NO7S/c1-21-13(16)9-22-11-2-4-12(5-3-11)23(19,20)15-7-6-10(8-15)14(17)18/h2-5,10H,6-9H2,1H3,(H,17,18). The number of carboxylic acids is 1. The Hall–Kier alpha value is -2.13. The number of nitrogens with zero attached hydrogens (tertiary/aromatic N) is 1. The van der Waals surface area contributed by atoms with Gasteiger partial charge in [0, 0.05) is 13.1 Å². The monoisotopic (exact) mass is 343 g/mol. The van der Waals surface area contributed by atoms with Gasteiger partial charge in [0.2, 0.25) is 10.0 Å². The van der Waals surface area contributed by atoms with E-state index in [1.165, 1.54) is 31.4 Å². The van der Waals surface area contributed by atoms with Gasteiger partial charge in [-0.15, -0.1) is 0 Å². The lowest BCUT2D eigenvalue weighted by molar-refractivity contribution is -0.143. The van der Waals surface area contributed by atoms with Crippen LogP contribution in [0.25, 0.3) is 0 Å². The Balaban J connectivity index is 2.06. The highest BCUT2D eigenvalue weighted by atomic mass is 32.2. The molecule has 0 aliphatic carbocycles. The van der Waals surface area contributed by atoms with Crippen molar-refractivity contribution in [2.75, 3.05) is 26.8 Å². The van der Waals surface area contributed by atoms with Crippen molar-refractivity contribution in [2.24, 2.45) is 5.92 Å². The molecule has 8 nitrogen and oxygen atoms in total. The molecule has 1 atom stereocenters. The van der Waals surface area contributed by atoms with E-state index in [-0.39, 0.29) is 24.6 Å². The lowest BCUT2D eigenvalue weighted by Crippen LogP contribution is -2.30. The van der Waals surface area contributed by atoms with E-state index < -0.39 is 27.9 Å². The van der Waals surface area contributed by atoms with Gasteiger partial charge in [0.1, 0.15) is 5.75 Å². The second kappa shape index (κ2) is 6.97. The summed E-state index contributed by atoms with van der Waals surface area (Å²) in [6.45, 7) is -0.118. The van der Waals surface area contributed by atoms with Gasteiger partial charge < -0.3 is 14.6 Å². The van der Waals surface area contributed by atoms with Gasteiger partial charge in [-0.05, 0) is 30.7 Å². The van der Waals surface area contributed by atoms with E-state index in [1.807, 2.05) is 0 Å². The van der Waals surface area contributed by atoms with E-state index >= 15 is 0 Å². The summed E-state index contributed by atoms with van der Waals surface area (Å²) < 4.78 is 35.6. The zero-order chi connectivity index (χ0) is 17.0. The molecule has 1 fully saturated rings. The topological polar surface area (TPSA) is 110 Å². The first kappa shape index (κ1) is 17.2. The first-order chi connectivity index (χ1) is 10.8. The number of rotatable bonds is 6. The number of ether oxygens (including phenoxy) is 2. The maximum Gasteiger partial charge on any atom is 0.343 e. The Morgan fingerprint density at radius 1 is 1.30 bits per heavy atom. The predicted molar refractivity (Wildman–Crippen MR) is 78.5 cm³/mol. The zero-order valence-electron chi connectivity index (χ0n) is 12.5. The number of aliphatic carboxylic acids is 1. The van der Waals surface area contributed by atoms with E-state index in [0.29, 0.717) is 12.2 Å². The fraction of sp³-hybridized carbons (Fsp3) is 0.429. The SMILES string of the molecule is COC(=O)COc1ccc(S(=O)(=O)N2CCC(C(=O)O)C2)cc1. The Morgan fingerprint density at radius 3 is 2.48 bits per heavy atom. The number of carboxylic acid groups (broad SMARTS) is 1. The second-order valence-electron chi connectivity index (χ2n) is 5.02. The van der Waals surface area contributed by atoms with E-state index in [0.717, 1.165) is 4.31 Å². The van der Waals surface area contributed by atoms with E-state index in [2.05, 4.69) is 4.74 Å². The van der Waals surface area contributed by atoms with Crippen molar-refractivity contribution in [3.05, 3.63) is 24.3 Å². The molecular weight excluding hydrogens is 326 g/mol. The third-order valence-corrected chi connectivity index (χ3v) is 5.43. The highest BCUT2D eigenvalue weighted by Gasteiger charge is 2.35. The fourth-order valence-corrected chi connectivity index (χ4v) is 3.71. The van der Waals surface area contributed by atoms with Gasteiger partial charge in [-0.3, -0.25) is 4.79 Å². The average molecular weight is 343 g/mol. The number of hydrogen-bond donors (Lipinski definition) is 1. The molecule has 0 spiro atoms. The van der Waals surface area contributed by atoms with Crippen molar-refractivity contribution in [1.29, 1.82) is 0 Å². The van der Waals surface area contributed by atoms with Crippen LogP contribution in [0.3, 0.4) is 0 Å². The van der Waals surface area contributed by atoms with Crippen molar-refractivity contribution >= 4 is 22.0 Å². The summed E-state index contributed by atoms with van der Waals surface area (Å²) in [4.78, 5) is 22.0. The molecule has 0 radical (unpaired) electrons. The fourth-order valence-electron chi connectivity index (χ4n) is 2.21. The van der Waals surface area contributed by atoms with Crippen molar-refractivity contribution in [2.45, 2.75) is 11.3 Å². The molecule has 1 N–H and O–H groups in total. The van der Waals surface area contributed by atoms with Gasteiger partial charge in [-0.2, -0.15) is 4.31 Å². The largest absolute Gasteiger partial charge is 0.482 e. The maximum atomic E-state index is 12.4. The van der Waals surface area contributed by atoms with Crippen LogP contribution in [0, 0.1) is 5.92 Å². The van der Waals surface area contributed by atoms with E-state index in [1.54, 1.807) is 0 Å². The molecular formula is C14H17NO7S. The summed E-state index contributed by atoms with van der Waals surface area (Å²) in [6.07, 6.45) is 0.300. The Bertz CT molecular complexity index is 684. The van der Waals surface area contributed by atoms with Crippen molar-refractivity contribution in [3.8, 4) is 5.75 Å². The van der Waals surface area contributed by atoms with Crippen molar-refractivity contribution < 1.29 is 32.6 Å². The summed E-state index contributed by atoms with van der Waals surface area (Å²) in [5.41, 5.74) is 0. The van der Waals surface area contributed by atoms with Crippen LogP contribution in [0.15, 0.2) is 29.2 Å². The molecule has 1 aromatic rings. The highest BCUT2D eigenvalue weighted by molar-refractivity contribution is 7.89. The molecule has 126 valence electrons. The molecule has 2 rings (SSSR count). The number of methoxy groups -OCH3 is 1. The smallest absolute Gasteiger partial charge is 0.343 e. The molecule has 1 aliphatic heterocycles. The normalized spacial score (nSPS) is 18.6. The lowest BCUT2D eigenvalue weighted by atomic mass is 10.1. The van der Waals surface area contributed by atoms with Crippen LogP contribution < -0.4 is 4.74 Å². The van der Waals surface area contributed by atoms with Gasteiger partial charge >= 0.3 is 11.9 Å². The van der Waals surface area contributed by atoms with Crippen LogP contribution in [-0.4, -0.2) is 56.6 Å². The van der Waals surface area contributed by atoms with Crippen molar-refractivity contribution in [3.63, 3.8) is 0 Å². The number of benzene rings is 1. The minimum absolute atomic E-state index is 0.0295. The number of carbonyl (C=O) groups excluding carboxylic acids is 1. The first-order valence-electron chi connectivity index (χ1n) is 6.87. The van der Waals surface area contributed by atoms with Crippen LogP contribution in [0.4, 0.5) is 0 Å². The minimum atomic E-state index is -3.74. The number of hydrogen-bond acceptors (Lipinski definition) is 6. The molecule has 0 bridgehead atoms. The van der Waals surface area contributed by atoms with Crippen LogP contribution in [0.2, 0.25) is 0 Å². The molecule has 1 heterocycles. The van der Waals surface area contributed by atoms with Crippen LogP contribution in [-0.2, 0) is 24.3 Å². The molecule has 9 heteroatoms. The van der Waals surface area contributed by atoms with Gasteiger partial charge in [0.25, 0.3) is 0 Å². The van der Waals surface area contributed by atoms with Crippen LogP contribution >= 0.6 is 0 Å². The number of sulfonamides is 1. The van der Waals surface area contributed by atoms with Crippen molar-refractivity contribution in [1.82, 2.24) is 4.31 Å². The summed E-state index contributed by atoms with van der Waals surface area (Å²) in [6, 6.07) is 5.58. The minimum Gasteiger partial charge on any atom is -0.482 e. The summed E-state index contributed by atoms with van der Waals surface area (Å²) in [5, 5.41) is 8.95. The summed E-state index contributed by atoms with van der Waals surface area (Å²) in [7, 11) is -2.50.